The number of allylic oxidation sites excluding steroid dienone is 1. The lowest BCUT2D eigenvalue weighted by Crippen LogP contribution is -2.53. The highest BCUT2D eigenvalue weighted by Crippen LogP contribution is 2.68. The summed E-state index contributed by atoms with van der Waals surface area (Å²) in [5.74, 6) is 5.84. The van der Waals surface area contributed by atoms with Gasteiger partial charge < -0.3 is 0 Å². The Morgan fingerprint density at radius 1 is 1.07 bits per heavy atom. The van der Waals surface area contributed by atoms with Gasteiger partial charge in [-0.3, -0.25) is 4.79 Å². The van der Waals surface area contributed by atoms with Crippen LogP contribution in [0.5, 0.6) is 0 Å². The third-order valence-electron chi connectivity index (χ3n) is 10.5. The van der Waals surface area contributed by atoms with E-state index in [0.717, 1.165) is 42.4 Å². The van der Waals surface area contributed by atoms with E-state index in [-0.39, 0.29) is 0 Å². The van der Waals surface area contributed by atoms with Crippen molar-refractivity contribution in [2.75, 3.05) is 0 Å². The largest absolute Gasteiger partial charge is 0.300 e. The maximum atomic E-state index is 12.1. The van der Waals surface area contributed by atoms with Gasteiger partial charge in [0.1, 0.15) is 5.78 Å². The molecule has 0 saturated heterocycles. The van der Waals surface area contributed by atoms with Crippen LogP contribution >= 0.6 is 0 Å². The first kappa shape index (κ1) is 20.7. The quantitative estimate of drug-likeness (QED) is 0.446. The van der Waals surface area contributed by atoms with Crippen molar-refractivity contribution in [1.29, 1.82) is 0 Å². The smallest absolute Gasteiger partial charge is 0.133 e. The zero-order chi connectivity index (χ0) is 20.1. The fraction of sp³-hybridized carbons (Fsp3) is 0.889. The molecule has 0 N–H and O–H groups in total. The molecule has 4 aliphatic rings. The van der Waals surface area contributed by atoms with Crippen molar-refractivity contribution in [2.24, 2.45) is 46.3 Å². The minimum Gasteiger partial charge on any atom is -0.300 e. The van der Waals surface area contributed by atoms with Gasteiger partial charge in [-0.05, 0) is 111 Å². The molecule has 1 heteroatoms. The van der Waals surface area contributed by atoms with Crippen LogP contribution in [0.25, 0.3) is 0 Å². The van der Waals surface area contributed by atoms with Gasteiger partial charge in [0.2, 0.25) is 0 Å². The summed E-state index contributed by atoms with van der Waals surface area (Å²) in [5.41, 5.74) is 2.39. The molecule has 0 bridgehead atoms. The molecular formula is C27H44O. The molecule has 8 atom stereocenters. The minimum atomic E-state index is 0.462. The van der Waals surface area contributed by atoms with E-state index >= 15 is 0 Å². The Kier molecular flexibility index (Phi) is 5.60. The van der Waals surface area contributed by atoms with Crippen LogP contribution < -0.4 is 0 Å². The first-order chi connectivity index (χ1) is 13.3. The number of hydrogen-bond donors (Lipinski definition) is 0. The number of hydrogen-bond acceptors (Lipinski definition) is 1. The van der Waals surface area contributed by atoms with Crippen LogP contribution in [0, 0.1) is 46.3 Å². The molecule has 0 aliphatic heterocycles. The first-order valence-corrected chi connectivity index (χ1v) is 12.4. The van der Waals surface area contributed by atoms with Crippen LogP contribution in [0.2, 0.25) is 0 Å². The van der Waals surface area contributed by atoms with E-state index in [2.05, 4.69) is 34.3 Å². The first-order valence-electron chi connectivity index (χ1n) is 12.4. The number of carbonyl (C=O) groups excluding carboxylic acids is 1. The lowest BCUT2D eigenvalue weighted by atomic mass is 9.44. The monoisotopic (exact) mass is 384 g/mol. The summed E-state index contributed by atoms with van der Waals surface area (Å²) in [7, 11) is 0. The molecule has 0 amide bonds. The molecule has 0 radical (unpaired) electrons. The fourth-order valence-corrected chi connectivity index (χ4v) is 8.95. The van der Waals surface area contributed by atoms with E-state index in [1.165, 1.54) is 69.8 Å². The van der Waals surface area contributed by atoms with Gasteiger partial charge in [0.05, 0.1) is 0 Å². The number of ketones is 1. The highest BCUT2D eigenvalue weighted by molar-refractivity contribution is 5.79. The van der Waals surface area contributed by atoms with E-state index in [9.17, 15) is 4.79 Å². The van der Waals surface area contributed by atoms with Crippen LogP contribution in [0.1, 0.15) is 105 Å². The molecule has 0 heterocycles. The van der Waals surface area contributed by atoms with Gasteiger partial charge in [-0.1, -0.05) is 32.8 Å². The van der Waals surface area contributed by atoms with Crippen LogP contribution in [0.4, 0.5) is 0 Å². The van der Waals surface area contributed by atoms with Crippen molar-refractivity contribution in [3.63, 3.8) is 0 Å². The van der Waals surface area contributed by atoms with Crippen molar-refractivity contribution >= 4 is 5.78 Å². The average Bonchev–Trinajstić information content (AvgIpc) is 2.99. The Hall–Kier alpha value is -0.590. The van der Waals surface area contributed by atoms with Crippen molar-refractivity contribution in [3.8, 4) is 0 Å². The number of carbonyl (C=O) groups is 1. The normalized spacial score (nSPS) is 46.4. The van der Waals surface area contributed by atoms with Crippen LogP contribution in [-0.4, -0.2) is 5.78 Å². The maximum Gasteiger partial charge on any atom is 0.133 e. The van der Waals surface area contributed by atoms with Crippen molar-refractivity contribution in [1.82, 2.24) is 0 Å². The second kappa shape index (κ2) is 7.59. The van der Waals surface area contributed by atoms with Crippen molar-refractivity contribution in [3.05, 3.63) is 12.2 Å². The lowest BCUT2D eigenvalue weighted by molar-refractivity contribution is -0.140. The number of fused-ring (bicyclic) bond motifs is 5. The Bertz CT molecular complexity index is 620. The molecule has 4 aliphatic carbocycles. The molecule has 0 aromatic rings. The summed E-state index contributed by atoms with van der Waals surface area (Å²) in [5, 5.41) is 0. The van der Waals surface area contributed by atoms with E-state index in [4.69, 9.17) is 0 Å². The highest BCUT2D eigenvalue weighted by atomic mass is 16.1. The topological polar surface area (TPSA) is 17.1 Å². The molecule has 1 nitrogen and oxygen atoms in total. The molecular weight excluding hydrogens is 340 g/mol. The molecule has 28 heavy (non-hydrogen) atoms. The summed E-state index contributed by atoms with van der Waals surface area (Å²) in [6.07, 6.45) is 15.4. The van der Waals surface area contributed by atoms with E-state index in [1.54, 1.807) is 0 Å². The molecule has 2 unspecified atom stereocenters. The summed E-state index contributed by atoms with van der Waals surface area (Å²) in [4.78, 5) is 12.1. The highest BCUT2D eigenvalue weighted by Gasteiger charge is 2.60. The summed E-state index contributed by atoms with van der Waals surface area (Å²) < 4.78 is 0. The molecule has 4 fully saturated rings. The summed E-state index contributed by atoms with van der Waals surface area (Å²) in [6, 6.07) is 0. The second-order valence-electron chi connectivity index (χ2n) is 12.0. The van der Waals surface area contributed by atoms with Crippen LogP contribution in [0.15, 0.2) is 12.2 Å². The molecule has 0 aromatic carbocycles. The number of rotatable bonds is 5. The third-order valence-corrected chi connectivity index (χ3v) is 10.5. The predicted molar refractivity (Wildman–Crippen MR) is 118 cm³/mol. The molecule has 158 valence electrons. The van der Waals surface area contributed by atoms with Gasteiger partial charge >= 0.3 is 0 Å². The Morgan fingerprint density at radius 2 is 1.82 bits per heavy atom. The standard InChI is InChI=1S/C27H44O/c1-18(2)7-6-8-19(3)23-11-12-24-22-10-9-20-17-21(28)13-15-26(20,4)25(22)14-16-27(23,24)5/h19-20,22-25H,1,6-17H2,2-5H3/t19?,20?,22-,23+,24-,25-,26-,27+/m0/s1. The zero-order valence-electron chi connectivity index (χ0n) is 19.1. The van der Waals surface area contributed by atoms with Gasteiger partial charge in [0.15, 0.2) is 0 Å². The predicted octanol–water partition coefficient (Wildman–Crippen LogP) is 7.60. The Balaban J connectivity index is 1.47. The van der Waals surface area contributed by atoms with Gasteiger partial charge in [-0.15, -0.1) is 6.58 Å². The van der Waals surface area contributed by atoms with Crippen LogP contribution in [0.3, 0.4) is 0 Å². The third kappa shape index (κ3) is 3.33. The fourth-order valence-electron chi connectivity index (χ4n) is 8.95. The van der Waals surface area contributed by atoms with Gasteiger partial charge in [0, 0.05) is 12.8 Å². The summed E-state index contributed by atoms with van der Waals surface area (Å²) >= 11 is 0. The summed E-state index contributed by atoms with van der Waals surface area (Å²) in [6.45, 7) is 14.1. The van der Waals surface area contributed by atoms with Crippen molar-refractivity contribution in [2.45, 2.75) is 105 Å². The Labute approximate surface area is 174 Å². The van der Waals surface area contributed by atoms with E-state index in [1.807, 2.05) is 0 Å². The zero-order valence-corrected chi connectivity index (χ0v) is 19.1. The van der Waals surface area contributed by atoms with E-state index < -0.39 is 0 Å². The number of Topliss-reactive ketones (excluding diaryl/α,β-unsaturated/α-hetero) is 1. The average molecular weight is 385 g/mol. The van der Waals surface area contributed by atoms with Gasteiger partial charge in [0.25, 0.3) is 0 Å². The SMILES string of the molecule is C=C(C)CCCC(C)[C@H]1CC[C@H]2[C@@H]3CCC4CC(=O)CC[C@]4(C)[C@H]3CC[C@]12C. The molecule has 0 spiro atoms. The van der Waals surface area contributed by atoms with Crippen molar-refractivity contribution < 1.29 is 4.79 Å². The maximum absolute atomic E-state index is 12.1. The van der Waals surface area contributed by atoms with E-state index in [0.29, 0.717) is 22.5 Å². The molecule has 4 rings (SSSR count). The molecule has 0 aromatic heterocycles. The van der Waals surface area contributed by atoms with Gasteiger partial charge in [-0.25, -0.2) is 0 Å². The lowest BCUT2D eigenvalue weighted by Gasteiger charge is -2.60. The molecule has 4 saturated carbocycles. The van der Waals surface area contributed by atoms with Crippen LogP contribution in [-0.2, 0) is 4.79 Å². The van der Waals surface area contributed by atoms with Gasteiger partial charge in [-0.2, -0.15) is 0 Å². The minimum absolute atomic E-state index is 0.462. The second-order valence-corrected chi connectivity index (χ2v) is 12.0. The Morgan fingerprint density at radius 3 is 2.57 bits per heavy atom.